The van der Waals surface area contributed by atoms with Crippen molar-refractivity contribution in [2.75, 3.05) is 20.3 Å². The highest BCUT2D eigenvalue weighted by atomic mass is 32.2. The van der Waals surface area contributed by atoms with Crippen LogP contribution in [0.25, 0.3) is 16.6 Å². The van der Waals surface area contributed by atoms with Crippen molar-refractivity contribution in [3.8, 4) is 0 Å². The number of carbonyl (C=O) groups is 1. The van der Waals surface area contributed by atoms with Gasteiger partial charge in [0.2, 0.25) is 5.91 Å². The number of carbonyl (C=O) groups excluding carboxylic acids is 1. The van der Waals surface area contributed by atoms with Crippen LogP contribution in [0.4, 0.5) is 0 Å². The monoisotopic (exact) mass is 481 g/mol. The second-order valence-electron chi connectivity index (χ2n) is 8.23. The van der Waals surface area contributed by atoms with Crippen molar-refractivity contribution >= 4 is 34.2 Å². The summed E-state index contributed by atoms with van der Waals surface area (Å²) in [6, 6.07) is 9.97. The molecule has 0 bridgehead atoms. The summed E-state index contributed by atoms with van der Waals surface area (Å²) >= 11 is 1.43. The fraction of sp³-hybridized carbons (Fsp3) is 0.458. The first kappa shape index (κ1) is 24.2. The Balaban J connectivity index is 1.61. The molecule has 10 heteroatoms. The van der Waals surface area contributed by atoms with Crippen LogP contribution < -0.4 is 5.32 Å². The zero-order chi connectivity index (χ0) is 24.1. The second-order valence-corrected chi connectivity index (χ2v) is 9.40. The summed E-state index contributed by atoms with van der Waals surface area (Å²) in [7, 11) is 1.66. The number of amides is 1. The highest BCUT2D eigenvalue weighted by Gasteiger charge is 2.22. The normalized spacial score (nSPS) is 12.5. The van der Waals surface area contributed by atoms with Gasteiger partial charge in [-0.15, -0.1) is 5.10 Å². The molecule has 0 aliphatic carbocycles. The molecule has 0 aliphatic rings. The number of thioether (sulfide) groups is 1. The number of fused-ring (bicyclic) bond motifs is 3. The Hall–Kier alpha value is -2.98. The average Bonchev–Trinajstić information content (AvgIpc) is 3.41. The van der Waals surface area contributed by atoms with Gasteiger partial charge in [0, 0.05) is 44.3 Å². The van der Waals surface area contributed by atoms with Gasteiger partial charge in [-0.25, -0.2) is 9.97 Å². The van der Waals surface area contributed by atoms with Crippen molar-refractivity contribution in [3.63, 3.8) is 0 Å². The lowest BCUT2D eigenvalue weighted by Gasteiger charge is -2.15. The third kappa shape index (κ3) is 5.39. The van der Waals surface area contributed by atoms with E-state index in [2.05, 4.69) is 23.4 Å². The lowest BCUT2D eigenvalue weighted by Crippen LogP contribution is -2.33. The molecular weight excluding hydrogens is 450 g/mol. The van der Waals surface area contributed by atoms with Crippen molar-refractivity contribution in [3.05, 3.63) is 47.5 Å². The first-order chi connectivity index (χ1) is 16.5. The van der Waals surface area contributed by atoms with Crippen molar-refractivity contribution in [2.45, 2.75) is 57.0 Å². The number of hydrogen-bond acceptors (Lipinski definition) is 7. The van der Waals surface area contributed by atoms with E-state index in [0.29, 0.717) is 37.7 Å². The van der Waals surface area contributed by atoms with Crippen molar-refractivity contribution < 1.29 is 9.53 Å². The molecule has 0 radical (unpaired) electrons. The van der Waals surface area contributed by atoms with Gasteiger partial charge in [-0.1, -0.05) is 30.8 Å². The largest absolute Gasteiger partial charge is 0.385 e. The van der Waals surface area contributed by atoms with E-state index in [1.807, 2.05) is 42.8 Å². The first-order valence-corrected chi connectivity index (χ1v) is 12.5. The minimum Gasteiger partial charge on any atom is -0.385 e. The zero-order valence-corrected chi connectivity index (χ0v) is 20.9. The van der Waals surface area contributed by atoms with Crippen LogP contribution in [0, 0.1) is 13.8 Å². The number of aromatic nitrogens is 6. The predicted molar refractivity (Wildman–Crippen MR) is 133 cm³/mol. The Morgan fingerprint density at radius 3 is 2.76 bits per heavy atom. The van der Waals surface area contributed by atoms with Crippen LogP contribution in [-0.4, -0.2) is 60.8 Å². The Morgan fingerprint density at radius 1 is 1.21 bits per heavy atom. The summed E-state index contributed by atoms with van der Waals surface area (Å²) < 4.78 is 8.83. The maximum absolute atomic E-state index is 12.8. The van der Waals surface area contributed by atoms with Gasteiger partial charge in [0.15, 0.2) is 16.6 Å². The number of benzene rings is 1. The molecule has 0 aliphatic heterocycles. The topological polar surface area (TPSA) is 99.2 Å². The van der Waals surface area contributed by atoms with E-state index < -0.39 is 0 Å². The molecule has 1 aromatic carbocycles. The van der Waals surface area contributed by atoms with Crippen LogP contribution in [0.2, 0.25) is 0 Å². The molecule has 0 saturated heterocycles. The van der Waals surface area contributed by atoms with E-state index in [1.54, 1.807) is 11.6 Å². The van der Waals surface area contributed by atoms with Gasteiger partial charge >= 0.3 is 0 Å². The summed E-state index contributed by atoms with van der Waals surface area (Å²) in [5.41, 5.74) is 3.71. The number of para-hydroxylation sites is 1. The van der Waals surface area contributed by atoms with Crippen LogP contribution in [0.3, 0.4) is 0 Å². The Kier molecular flexibility index (Phi) is 7.79. The zero-order valence-electron chi connectivity index (χ0n) is 20.1. The van der Waals surface area contributed by atoms with E-state index in [0.717, 1.165) is 40.2 Å². The lowest BCUT2D eigenvalue weighted by molar-refractivity contribution is -0.120. The number of rotatable bonds is 11. The summed E-state index contributed by atoms with van der Waals surface area (Å²) in [5, 5.41) is 13.6. The van der Waals surface area contributed by atoms with Gasteiger partial charge < -0.3 is 10.1 Å². The van der Waals surface area contributed by atoms with Crippen molar-refractivity contribution in [2.24, 2.45) is 0 Å². The maximum Gasteiger partial charge on any atom is 0.233 e. The quantitative estimate of drug-likeness (QED) is 0.199. The van der Waals surface area contributed by atoms with E-state index in [4.69, 9.17) is 19.8 Å². The summed E-state index contributed by atoms with van der Waals surface area (Å²) in [5.74, 6) is 0.723. The molecule has 1 amide bonds. The van der Waals surface area contributed by atoms with Gasteiger partial charge in [-0.05, 0) is 44.9 Å². The molecule has 4 rings (SSSR count). The third-order valence-electron chi connectivity index (χ3n) is 5.58. The first-order valence-electron chi connectivity index (χ1n) is 11.6. The molecular formula is C24H31N7O2S. The van der Waals surface area contributed by atoms with Crippen LogP contribution in [0.1, 0.15) is 37.0 Å². The van der Waals surface area contributed by atoms with Crippen LogP contribution in [0.5, 0.6) is 0 Å². The molecule has 34 heavy (non-hydrogen) atoms. The van der Waals surface area contributed by atoms with Crippen LogP contribution in [0.15, 0.2) is 35.5 Å². The number of methoxy groups -OCH3 is 1. The predicted octanol–water partition coefficient (Wildman–Crippen LogP) is 3.36. The molecule has 0 fully saturated rings. The van der Waals surface area contributed by atoms with Gasteiger partial charge in [0.1, 0.15) is 0 Å². The van der Waals surface area contributed by atoms with E-state index in [-0.39, 0.29) is 11.2 Å². The SMILES string of the molecule is CC[C@@H](Sc1nc2ccccc2c2nc(CCn3nc(C)cc3C)nn12)C(=O)NCCCOC. The van der Waals surface area contributed by atoms with E-state index in [1.165, 1.54) is 11.8 Å². The second kappa shape index (κ2) is 11.0. The number of nitrogens with zero attached hydrogens (tertiary/aromatic N) is 6. The average molecular weight is 482 g/mol. The van der Waals surface area contributed by atoms with Gasteiger partial charge in [0.25, 0.3) is 0 Å². The van der Waals surface area contributed by atoms with Gasteiger partial charge in [0.05, 0.1) is 16.5 Å². The van der Waals surface area contributed by atoms with Gasteiger partial charge in [-0.2, -0.15) is 9.61 Å². The fourth-order valence-corrected chi connectivity index (χ4v) is 4.84. The Bertz CT molecular complexity index is 1280. The Labute approximate surface area is 203 Å². The fourth-order valence-electron chi connectivity index (χ4n) is 3.85. The molecule has 0 unspecified atom stereocenters. The molecule has 1 atom stereocenters. The smallest absolute Gasteiger partial charge is 0.233 e. The number of ether oxygens (including phenoxy) is 1. The molecule has 1 N–H and O–H groups in total. The lowest BCUT2D eigenvalue weighted by atomic mass is 10.2. The molecule has 180 valence electrons. The number of aryl methyl sites for hydroxylation is 4. The molecule has 3 heterocycles. The van der Waals surface area contributed by atoms with Crippen LogP contribution >= 0.6 is 11.8 Å². The molecule has 3 aromatic heterocycles. The highest BCUT2D eigenvalue weighted by Crippen LogP contribution is 2.28. The summed E-state index contributed by atoms with van der Waals surface area (Å²) in [6.07, 6.45) is 2.11. The number of nitrogens with one attached hydrogen (secondary N) is 1. The minimum absolute atomic E-state index is 0.00317. The van der Waals surface area contributed by atoms with E-state index >= 15 is 0 Å². The maximum atomic E-state index is 12.8. The summed E-state index contributed by atoms with van der Waals surface area (Å²) in [6.45, 7) is 7.96. The number of hydrogen-bond donors (Lipinski definition) is 1. The standard InChI is InChI=1S/C24H31N7O2S/c1-5-20(23(32)25-12-8-14-33-4)34-24-26-19-10-7-6-9-18(19)22-27-21(29-31(22)24)11-13-30-17(3)15-16(2)28-30/h6-7,9-10,15,20H,5,8,11-14H2,1-4H3,(H,25,32)/t20-/m1/s1. The molecule has 4 aromatic rings. The molecule has 9 nitrogen and oxygen atoms in total. The molecule has 0 saturated carbocycles. The van der Waals surface area contributed by atoms with E-state index in [9.17, 15) is 4.79 Å². The van der Waals surface area contributed by atoms with Crippen LogP contribution in [-0.2, 0) is 22.5 Å². The van der Waals surface area contributed by atoms with Crippen molar-refractivity contribution in [1.82, 2.24) is 34.7 Å². The molecule has 0 spiro atoms. The third-order valence-corrected chi connectivity index (χ3v) is 6.89. The Morgan fingerprint density at radius 2 is 2.03 bits per heavy atom. The van der Waals surface area contributed by atoms with Gasteiger partial charge in [-0.3, -0.25) is 9.48 Å². The highest BCUT2D eigenvalue weighted by molar-refractivity contribution is 8.00. The van der Waals surface area contributed by atoms with Crippen molar-refractivity contribution in [1.29, 1.82) is 0 Å². The minimum atomic E-state index is -0.276. The summed E-state index contributed by atoms with van der Waals surface area (Å²) in [4.78, 5) is 22.5.